The maximum absolute atomic E-state index is 12.5. The molecule has 4 heteroatoms. The van der Waals surface area contributed by atoms with Gasteiger partial charge in [-0.1, -0.05) is 13.8 Å². The van der Waals surface area contributed by atoms with E-state index < -0.39 is 0 Å². The molecule has 1 rings (SSSR count). The number of nitrogens with zero attached hydrogens (tertiary/aromatic N) is 1. The molecule has 0 saturated heterocycles. The lowest BCUT2D eigenvalue weighted by Gasteiger charge is -2.08. The van der Waals surface area contributed by atoms with Crippen molar-refractivity contribution in [3.05, 3.63) is 24.1 Å². The van der Waals surface area contributed by atoms with Crippen LogP contribution in [0.1, 0.15) is 13.8 Å². The molecule has 0 bridgehead atoms. The van der Waals surface area contributed by atoms with Gasteiger partial charge in [0.05, 0.1) is 12.8 Å². The van der Waals surface area contributed by atoms with Crippen molar-refractivity contribution in [1.29, 1.82) is 0 Å². The Bertz CT molecular complexity index is 274. The van der Waals surface area contributed by atoms with Crippen LogP contribution in [0.4, 0.5) is 10.2 Å². The molecule has 0 unspecified atom stereocenters. The largest absolute Gasteiger partial charge is 0.379 e. The van der Waals surface area contributed by atoms with Crippen LogP contribution in [0.15, 0.2) is 18.3 Å². The summed E-state index contributed by atoms with van der Waals surface area (Å²) in [4.78, 5) is 3.87. The van der Waals surface area contributed by atoms with Crippen LogP contribution in [0.5, 0.6) is 0 Å². The Hall–Kier alpha value is -1.16. The zero-order valence-electron chi connectivity index (χ0n) is 9.16. The summed E-state index contributed by atoms with van der Waals surface area (Å²) < 4.78 is 17.9. The summed E-state index contributed by atoms with van der Waals surface area (Å²) >= 11 is 0. The van der Waals surface area contributed by atoms with Crippen LogP contribution in [0, 0.1) is 11.7 Å². The van der Waals surface area contributed by atoms with Crippen LogP contribution in [0.25, 0.3) is 0 Å². The van der Waals surface area contributed by atoms with Gasteiger partial charge in [0.25, 0.3) is 0 Å². The van der Waals surface area contributed by atoms with E-state index in [0.29, 0.717) is 24.9 Å². The van der Waals surface area contributed by atoms with Gasteiger partial charge in [-0.15, -0.1) is 0 Å². The van der Waals surface area contributed by atoms with Gasteiger partial charge in [0, 0.05) is 13.2 Å². The number of rotatable bonds is 6. The average molecular weight is 212 g/mol. The molecule has 15 heavy (non-hydrogen) atoms. The van der Waals surface area contributed by atoms with E-state index in [0.717, 1.165) is 6.61 Å². The second-order valence-corrected chi connectivity index (χ2v) is 3.76. The van der Waals surface area contributed by atoms with Crippen molar-refractivity contribution in [2.24, 2.45) is 5.92 Å². The van der Waals surface area contributed by atoms with Crippen LogP contribution >= 0.6 is 0 Å². The molecule has 0 radical (unpaired) electrons. The van der Waals surface area contributed by atoms with Crippen molar-refractivity contribution in [2.75, 3.05) is 25.1 Å². The first-order valence-corrected chi connectivity index (χ1v) is 5.11. The average Bonchev–Trinajstić information content (AvgIpc) is 2.20. The molecule has 1 aromatic rings. The lowest BCUT2D eigenvalue weighted by Crippen LogP contribution is -2.12. The van der Waals surface area contributed by atoms with Crippen molar-refractivity contribution >= 4 is 5.82 Å². The highest BCUT2D eigenvalue weighted by atomic mass is 19.1. The number of pyridine rings is 1. The molecule has 1 heterocycles. The lowest BCUT2D eigenvalue weighted by molar-refractivity contribution is 0.118. The van der Waals surface area contributed by atoms with E-state index in [1.54, 1.807) is 6.07 Å². The van der Waals surface area contributed by atoms with E-state index >= 15 is 0 Å². The van der Waals surface area contributed by atoms with Gasteiger partial charge in [0.2, 0.25) is 0 Å². The highest BCUT2D eigenvalue weighted by Crippen LogP contribution is 2.02. The Labute approximate surface area is 89.7 Å². The molecular weight excluding hydrogens is 195 g/mol. The number of halogens is 1. The zero-order valence-corrected chi connectivity index (χ0v) is 9.16. The number of anilines is 1. The smallest absolute Gasteiger partial charge is 0.141 e. The SMILES string of the molecule is CC(C)COCCNc1ccc(F)cn1. The van der Waals surface area contributed by atoms with Gasteiger partial charge in [0.1, 0.15) is 11.6 Å². The Balaban J connectivity index is 2.12. The minimum absolute atomic E-state index is 0.323. The Morgan fingerprint density at radius 3 is 2.87 bits per heavy atom. The topological polar surface area (TPSA) is 34.1 Å². The molecule has 0 atom stereocenters. The number of hydrogen-bond donors (Lipinski definition) is 1. The van der Waals surface area contributed by atoms with Gasteiger partial charge >= 0.3 is 0 Å². The molecule has 0 amide bonds. The van der Waals surface area contributed by atoms with E-state index in [9.17, 15) is 4.39 Å². The third-order valence-corrected chi connectivity index (χ3v) is 1.73. The van der Waals surface area contributed by atoms with Crippen LogP contribution in [0.2, 0.25) is 0 Å². The van der Waals surface area contributed by atoms with Crippen LogP contribution < -0.4 is 5.32 Å². The third-order valence-electron chi connectivity index (χ3n) is 1.73. The number of ether oxygens (including phenoxy) is 1. The molecule has 1 aromatic heterocycles. The summed E-state index contributed by atoms with van der Waals surface area (Å²) in [6.45, 7) is 6.30. The molecule has 0 fully saturated rings. The molecule has 0 spiro atoms. The molecule has 0 saturated carbocycles. The van der Waals surface area contributed by atoms with Gasteiger partial charge in [-0.05, 0) is 18.1 Å². The van der Waals surface area contributed by atoms with E-state index in [2.05, 4.69) is 24.1 Å². The molecule has 84 valence electrons. The zero-order chi connectivity index (χ0) is 11.1. The highest BCUT2D eigenvalue weighted by Gasteiger charge is 1.95. The third kappa shape index (κ3) is 5.32. The van der Waals surface area contributed by atoms with E-state index in [-0.39, 0.29) is 5.82 Å². The first kappa shape index (κ1) is 11.9. The first-order valence-electron chi connectivity index (χ1n) is 5.11. The molecule has 0 aliphatic carbocycles. The number of aromatic nitrogens is 1. The van der Waals surface area contributed by atoms with Crippen molar-refractivity contribution < 1.29 is 9.13 Å². The highest BCUT2D eigenvalue weighted by molar-refractivity contribution is 5.33. The summed E-state index contributed by atoms with van der Waals surface area (Å²) in [5.41, 5.74) is 0. The van der Waals surface area contributed by atoms with Crippen molar-refractivity contribution in [3.8, 4) is 0 Å². The molecule has 0 aliphatic rings. The summed E-state index contributed by atoms with van der Waals surface area (Å²) in [6.07, 6.45) is 1.19. The number of nitrogens with one attached hydrogen (secondary N) is 1. The normalized spacial score (nSPS) is 10.7. The maximum atomic E-state index is 12.5. The standard InChI is InChI=1S/C11H17FN2O/c1-9(2)8-15-6-5-13-11-4-3-10(12)7-14-11/h3-4,7,9H,5-6,8H2,1-2H3,(H,13,14). The van der Waals surface area contributed by atoms with E-state index in [1.807, 2.05) is 0 Å². The summed E-state index contributed by atoms with van der Waals surface area (Å²) in [7, 11) is 0. The maximum Gasteiger partial charge on any atom is 0.141 e. The summed E-state index contributed by atoms with van der Waals surface area (Å²) in [5, 5.41) is 3.04. The fourth-order valence-corrected chi connectivity index (χ4v) is 1.05. The van der Waals surface area contributed by atoms with Crippen LogP contribution in [0.3, 0.4) is 0 Å². The van der Waals surface area contributed by atoms with Gasteiger partial charge in [0.15, 0.2) is 0 Å². The van der Waals surface area contributed by atoms with Crippen LogP contribution in [-0.4, -0.2) is 24.7 Å². The molecule has 0 aliphatic heterocycles. The van der Waals surface area contributed by atoms with Crippen molar-refractivity contribution in [1.82, 2.24) is 4.98 Å². The minimum Gasteiger partial charge on any atom is -0.379 e. The fourth-order valence-electron chi connectivity index (χ4n) is 1.05. The Kier molecular flexibility index (Phi) is 5.04. The molecule has 0 aromatic carbocycles. The van der Waals surface area contributed by atoms with E-state index in [4.69, 9.17) is 4.74 Å². The quantitative estimate of drug-likeness (QED) is 0.735. The monoisotopic (exact) mass is 212 g/mol. The van der Waals surface area contributed by atoms with Gasteiger partial charge < -0.3 is 10.1 Å². The lowest BCUT2D eigenvalue weighted by atomic mass is 10.2. The van der Waals surface area contributed by atoms with Crippen molar-refractivity contribution in [3.63, 3.8) is 0 Å². The van der Waals surface area contributed by atoms with E-state index in [1.165, 1.54) is 12.3 Å². The number of hydrogen-bond acceptors (Lipinski definition) is 3. The fraction of sp³-hybridized carbons (Fsp3) is 0.545. The predicted molar refractivity (Wildman–Crippen MR) is 58.3 cm³/mol. The molecule has 1 N–H and O–H groups in total. The first-order chi connectivity index (χ1) is 7.18. The second kappa shape index (κ2) is 6.35. The molecule has 3 nitrogen and oxygen atoms in total. The Morgan fingerprint density at radius 1 is 1.47 bits per heavy atom. The minimum atomic E-state index is -0.323. The van der Waals surface area contributed by atoms with Gasteiger partial charge in [-0.25, -0.2) is 9.37 Å². The Morgan fingerprint density at radius 2 is 2.27 bits per heavy atom. The van der Waals surface area contributed by atoms with Gasteiger partial charge in [-0.3, -0.25) is 0 Å². The predicted octanol–water partition coefficient (Wildman–Crippen LogP) is 2.31. The van der Waals surface area contributed by atoms with Crippen molar-refractivity contribution in [2.45, 2.75) is 13.8 Å². The molecular formula is C11H17FN2O. The van der Waals surface area contributed by atoms with Crippen LogP contribution in [-0.2, 0) is 4.74 Å². The second-order valence-electron chi connectivity index (χ2n) is 3.76. The summed E-state index contributed by atoms with van der Waals surface area (Å²) in [6, 6.07) is 2.99. The van der Waals surface area contributed by atoms with Gasteiger partial charge in [-0.2, -0.15) is 0 Å². The summed E-state index contributed by atoms with van der Waals surface area (Å²) in [5.74, 6) is 0.898.